The maximum Gasteiger partial charge on any atom is 0.243 e. The molecule has 0 amide bonds. The molecule has 0 saturated heterocycles. The van der Waals surface area contributed by atoms with Crippen molar-refractivity contribution in [3.63, 3.8) is 0 Å². The van der Waals surface area contributed by atoms with E-state index in [9.17, 15) is 21.4 Å². The molecule has 10 heteroatoms. The van der Waals surface area contributed by atoms with Gasteiger partial charge in [0.15, 0.2) is 0 Å². The minimum atomic E-state index is -5.18. The van der Waals surface area contributed by atoms with Crippen molar-refractivity contribution < 1.29 is 26.4 Å². The molecule has 0 fully saturated rings. The zero-order valence-electron chi connectivity index (χ0n) is 37.2. The number of hydrogen-bond donors (Lipinski definition) is 2. The zero-order valence-corrected chi connectivity index (χ0v) is 38.9. The van der Waals surface area contributed by atoms with Crippen molar-refractivity contribution in [2.75, 3.05) is 18.4 Å². The van der Waals surface area contributed by atoms with E-state index in [1.54, 1.807) is 13.8 Å². The molecule has 5 rings (SSSR count). The topological polar surface area (TPSA) is 121 Å². The Labute approximate surface area is 353 Å². The van der Waals surface area contributed by atoms with Crippen molar-refractivity contribution in [1.29, 1.82) is 0 Å². The molecule has 0 bridgehead atoms. The molecule has 1 aliphatic carbocycles. The minimum Gasteiger partial charge on any atom is -0.744 e. The molecule has 1 aliphatic rings. The molecule has 0 radical (unpaired) electrons. The fourth-order valence-electron chi connectivity index (χ4n) is 8.11. The van der Waals surface area contributed by atoms with E-state index in [-0.39, 0.29) is 35.4 Å². The fraction of sp³-hybridized carbons (Fsp3) is 0.367. The van der Waals surface area contributed by atoms with Gasteiger partial charge in [-0.1, -0.05) is 59.7 Å². The van der Waals surface area contributed by atoms with Crippen LogP contribution in [0.1, 0.15) is 109 Å². The van der Waals surface area contributed by atoms with Crippen LogP contribution in [0, 0.1) is 61.3 Å². The minimum absolute atomic E-state index is 0.0532. The van der Waals surface area contributed by atoms with Crippen LogP contribution in [-0.2, 0) is 20.1 Å². The summed E-state index contributed by atoms with van der Waals surface area (Å²) in [5.74, 6) is 0.106. The van der Waals surface area contributed by atoms with E-state index in [2.05, 4.69) is 118 Å². The van der Waals surface area contributed by atoms with Gasteiger partial charge >= 0.3 is 0 Å². The second-order valence-corrected chi connectivity index (χ2v) is 19.8. The van der Waals surface area contributed by atoms with Gasteiger partial charge in [-0.2, -0.15) is 4.31 Å². The monoisotopic (exact) mass is 835 g/mol. The van der Waals surface area contributed by atoms with Crippen LogP contribution in [0.5, 0.6) is 0 Å². The molecule has 0 spiro atoms. The summed E-state index contributed by atoms with van der Waals surface area (Å²) < 4.78 is 68.5. The summed E-state index contributed by atoms with van der Waals surface area (Å²) in [5.41, 5.74) is 17.4. The van der Waals surface area contributed by atoms with Crippen LogP contribution >= 0.6 is 0 Å². The first-order chi connectivity index (χ1) is 27.5. The highest BCUT2D eigenvalue weighted by molar-refractivity contribution is 7.89. The molecular formula is C49H61N3O5S2. The molecule has 59 heavy (non-hydrogen) atoms. The number of allylic oxidation sites excluding steroid dienone is 5. The Kier molecular flexibility index (Phi) is 13.5. The fourth-order valence-corrected chi connectivity index (χ4v) is 10.4. The van der Waals surface area contributed by atoms with Gasteiger partial charge in [-0.05, 0) is 165 Å². The predicted molar refractivity (Wildman–Crippen MR) is 243 cm³/mol. The average molecular weight is 836 g/mol. The lowest BCUT2D eigenvalue weighted by Crippen LogP contribution is -2.67. The number of rotatable bonds is 12. The number of nitrogens with one attached hydrogen (secondary N) is 2. The van der Waals surface area contributed by atoms with Gasteiger partial charge in [0.1, 0.15) is 10.1 Å². The zero-order chi connectivity index (χ0) is 43.9. The van der Waals surface area contributed by atoms with Crippen molar-refractivity contribution in [1.82, 2.24) is 4.31 Å². The van der Waals surface area contributed by atoms with Crippen molar-refractivity contribution in [3.05, 3.63) is 139 Å². The van der Waals surface area contributed by atoms with Gasteiger partial charge in [0.25, 0.3) is 0 Å². The molecule has 8 nitrogen and oxygen atoms in total. The highest BCUT2D eigenvalue weighted by Gasteiger charge is 2.28. The van der Waals surface area contributed by atoms with Gasteiger partial charge in [-0.25, -0.2) is 21.8 Å². The van der Waals surface area contributed by atoms with Crippen LogP contribution in [0.4, 0.5) is 17.1 Å². The van der Waals surface area contributed by atoms with Crippen molar-refractivity contribution in [3.8, 4) is 0 Å². The van der Waals surface area contributed by atoms with Gasteiger partial charge in [-0.15, -0.1) is 0 Å². The average Bonchev–Trinajstić information content (AvgIpc) is 3.17. The Balaban J connectivity index is 1.85. The Hall–Kier alpha value is -4.61. The first-order valence-electron chi connectivity index (χ1n) is 20.5. The highest BCUT2D eigenvalue weighted by atomic mass is 32.2. The molecule has 0 aliphatic heterocycles. The lowest BCUT2D eigenvalue weighted by Gasteiger charge is -2.24. The summed E-state index contributed by atoms with van der Waals surface area (Å²) in [5, 5.41) is 3.72. The third kappa shape index (κ3) is 9.11. The lowest BCUT2D eigenvalue weighted by atomic mass is 9.84. The smallest absolute Gasteiger partial charge is 0.243 e. The van der Waals surface area contributed by atoms with Crippen LogP contribution in [0.2, 0.25) is 0 Å². The Morgan fingerprint density at radius 2 is 1.32 bits per heavy atom. The first-order valence-corrected chi connectivity index (χ1v) is 23.3. The number of benzene rings is 4. The van der Waals surface area contributed by atoms with Gasteiger partial charge in [0.2, 0.25) is 21.4 Å². The van der Waals surface area contributed by atoms with Crippen molar-refractivity contribution in [2.24, 2.45) is 5.92 Å². The van der Waals surface area contributed by atoms with E-state index in [0.29, 0.717) is 16.7 Å². The number of nitrogens with zero attached hydrogens (tertiary/aromatic N) is 1. The molecular weight excluding hydrogens is 775 g/mol. The summed E-state index contributed by atoms with van der Waals surface area (Å²) in [6.45, 7) is 29.2. The molecule has 314 valence electrons. The number of hydrogen-bond acceptors (Lipinski definition) is 6. The molecule has 0 aromatic heterocycles. The van der Waals surface area contributed by atoms with Gasteiger partial charge < -0.3 is 9.87 Å². The Bertz CT molecular complexity index is 2680. The summed E-state index contributed by atoms with van der Waals surface area (Å²) in [7, 11) is -9.26. The SMILES string of the molecule is CCN(CC)S(=O)(=O)c1ccc(C(=C2C=CC(=[NH+]c3c(C)cc(C)c(C)c3C)C(C(C)C)=C2)c2ccc(Nc3c(C)cc(C)c(C)c3C)c(C(C)C)c2)c(S(=O)(=O)[O-])c1. The van der Waals surface area contributed by atoms with Crippen molar-refractivity contribution >= 4 is 48.5 Å². The maximum atomic E-state index is 13.7. The largest absolute Gasteiger partial charge is 0.744 e. The summed E-state index contributed by atoms with van der Waals surface area (Å²) in [6.07, 6.45) is 6.01. The second kappa shape index (κ2) is 17.5. The molecule has 0 unspecified atom stereocenters. The lowest BCUT2D eigenvalue weighted by molar-refractivity contribution is -0.353. The number of sulfonamides is 1. The predicted octanol–water partition coefficient (Wildman–Crippen LogP) is 9.76. The van der Waals surface area contributed by atoms with Crippen LogP contribution in [0.15, 0.2) is 87.7 Å². The maximum absolute atomic E-state index is 13.7. The standard InChI is InChI=1S/C49H61N3O5S2/c1-15-52(16-2)58(53,54)40-19-20-41(46(27-40)59(55,56)57)47(38-17-21-44(42(25-38)28(3)4)50-48-32(9)23-30(7)34(11)36(48)13)39-18-22-45(43(26-39)29(5)6)51-49-33(10)24-31(8)35(12)37(49)14/h17-29,50H,15-16H2,1-14H3,(H,55,56,57). The molecule has 4 aromatic rings. The van der Waals surface area contributed by atoms with Crippen LogP contribution in [0.25, 0.3) is 5.57 Å². The quantitative estimate of drug-likeness (QED) is 0.137. The highest BCUT2D eigenvalue weighted by Crippen LogP contribution is 2.40. The third-order valence-corrected chi connectivity index (χ3v) is 14.9. The van der Waals surface area contributed by atoms with Crippen LogP contribution < -0.4 is 10.3 Å². The second-order valence-electron chi connectivity index (χ2n) is 16.5. The molecule has 2 N–H and O–H groups in total. The van der Waals surface area contributed by atoms with E-state index in [0.717, 1.165) is 51.1 Å². The third-order valence-electron chi connectivity index (χ3n) is 12.0. The van der Waals surface area contributed by atoms with Gasteiger partial charge in [0.05, 0.1) is 9.79 Å². The van der Waals surface area contributed by atoms with E-state index in [4.69, 9.17) is 0 Å². The van der Waals surface area contributed by atoms with Gasteiger partial charge in [-0.3, -0.25) is 0 Å². The molecule has 0 saturated carbocycles. The van der Waals surface area contributed by atoms with Crippen LogP contribution in [0.3, 0.4) is 0 Å². The van der Waals surface area contributed by atoms with E-state index < -0.39 is 25.0 Å². The molecule has 4 aromatic carbocycles. The van der Waals surface area contributed by atoms with E-state index >= 15 is 0 Å². The molecule has 0 atom stereocenters. The summed E-state index contributed by atoms with van der Waals surface area (Å²) >= 11 is 0. The Morgan fingerprint density at radius 3 is 1.90 bits per heavy atom. The number of aryl methyl sites for hydroxylation is 4. The number of anilines is 2. The summed E-state index contributed by atoms with van der Waals surface area (Å²) in [6, 6.07) is 14.3. The normalized spacial score (nSPS) is 15.2. The van der Waals surface area contributed by atoms with Gasteiger partial charge in [0, 0.05) is 52.8 Å². The first kappa shape index (κ1) is 45.5. The summed E-state index contributed by atoms with van der Waals surface area (Å²) in [4.78, 5) is 2.88. The molecule has 0 heterocycles. The Morgan fingerprint density at radius 1 is 0.712 bits per heavy atom. The van der Waals surface area contributed by atoms with Crippen molar-refractivity contribution in [2.45, 2.75) is 113 Å². The van der Waals surface area contributed by atoms with E-state index in [1.807, 2.05) is 24.3 Å². The van der Waals surface area contributed by atoms with E-state index in [1.165, 1.54) is 49.8 Å². The van der Waals surface area contributed by atoms with Crippen LogP contribution in [-0.4, -0.2) is 44.5 Å².